The van der Waals surface area contributed by atoms with Gasteiger partial charge in [0.25, 0.3) is 0 Å². The molecule has 0 aromatic heterocycles. The lowest BCUT2D eigenvalue weighted by molar-refractivity contribution is 0.276. The number of hydrogen-bond donors (Lipinski definition) is 1. The molecule has 0 radical (unpaired) electrons. The van der Waals surface area contributed by atoms with Gasteiger partial charge < -0.3 is 9.84 Å². The molecule has 0 spiro atoms. The molecule has 0 amide bonds. The van der Waals surface area contributed by atoms with Crippen molar-refractivity contribution < 1.29 is 14.2 Å². The van der Waals surface area contributed by atoms with Crippen LogP contribution in [0.15, 0.2) is 40.9 Å². The molecule has 0 saturated carbocycles. The highest BCUT2D eigenvalue weighted by Crippen LogP contribution is 2.34. The predicted octanol–water partition coefficient (Wildman–Crippen LogP) is 4.53. The molecule has 0 saturated heterocycles. The average molecular weight is 332 g/mol. The second kappa shape index (κ2) is 5.69. The highest BCUT2D eigenvalue weighted by atomic mass is 79.9. The Morgan fingerprint density at radius 2 is 2.06 bits per heavy atom. The topological polar surface area (TPSA) is 29.5 Å². The van der Waals surface area contributed by atoms with Gasteiger partial charge in [0.2, 0.25) is 0 Å². The first-order chi connectivity index (χ1) is 8.61. The van der Waals surface area contributed by atoms with Crippen LogP contribution in [0.25, 0.3) is 0 Å². The third-order valence-corrected chi connectivity index (χ3v) is 3.24. The van der Waals surface area contributed by atoms with E-state index in [0.29, 0.717) is 26.6 Å². The first kappa shape index (κ1) is 13.3. The Balaban J connectivity index is 2.36. The Bertz CT molecular complexity index is 575. The summed E-state index contributed by atoms with van der Waals surface area (Å²) in [7, 11) is 0. The lowest BCUT2D eigenvalue weighted by atomic mass is 10.2. The fourth-order valence-corrected chi connectivity index (χ4v) is 2.04. The Labute approximate surface area is 117 Å². The third kappa shape index (κ3) is 2.83. The number of aliphatic hydroxyl groups is 1. The maximum absolute atomic E-state index is 13.1. The maximum atomic E-state index is 13.1. The van der Waals surface area contributed by atoms with Crippen molar-refractivity contribution in [3.8, 4) is 11.5 Å². The van der Waals surface area contributed by atoms with Gasteiger partial charge in [-0.05, 0) is 40.2 Å². The number of para-hydroxylation sites is 1. The molecule has 1 N–H and O–H groups in total. The summed E-state index contributed by atoms with van der Waals surface area (Å²) in [6.45, 7) is -0.182. The minimum Gasteiger partial charge on any atom is -0.455 e. The Hall–Kier alpha value is -1.10. The second-order valence-electron chi connectivity index (χ2n) is 3.56. The van der Waals surface area contributed by atoms with E-state index >= 15 is 0 Å². The summed E-state index contributed by atoms with van der Waals surface area (Å²) < 4.78 is 19.0. The molecule has 0 aliphatic rings. The zero-order valence-corrected chi connectivity index (χ0v) is 11.5. The first-order valence-electron chi connectivity index (χ1n) is 5.13. The Morgan fingerprint density at radius 1 is 1.28 bits per heavy atom. The van der Waals surface area contributed by atoms with Gasteiger partial charge in [0.15, 0.2) is 5.75 Å². The van der Waals surface area contributed by atoms with Crippen molar-refractivity contribution >= 4 is 27.5 Å². The van der Waals surface area contributed by atoms with E-state index in [-0.39, 0.29) is 12.4 Å². The van der Waals surface area contributed by atoms with Gasteiger partial charge in [-0.1, -0.05) is 23.7 Å². The van der Waals surface area contributed by atoms with Gasteiger partial charge in [0.05, 0.1) is 16.1 Å². The number of halogens is 3. The summed E-state index contributed by atoms with van der Waals surface area (Å²) in [5.74, 6) is 0.440. The zero-order chi connectivity index (χ0) is 13.1. The molecule has 0 bridgehead atoms. The van der Waals surface area contributed by atoms with Crippen LogP contribution in [0.1, 0.15) is 5.56 Å². The van der Waals surface area contributed by atoms with Gasteiger partial charge in [0, 0.05) is 5.56 Å². The number of hydrogen-bond acceptors (Lipinski definition) is 2. The minimum absolute atomic E-state index is 0.182. The molecule has 2 aromatic carbocycles. The third-order valence-electron chi connectivity index (χ3n) is 2.33. The lowest BCUT2D eigenvalue weighted by Crippen LogP contribution is -1.93. The minimum atomic E-state index is -0.371. The molecule has 0 atom stereocenters. The van der Waals surface area contributed by atoms with E-state index in [4.69, 9.17) is 16.3 Å². The van der Waals surface area contributed by atoms with Crippen molar-refractivity contribution in [3.05, 3.63) is 57.3 Å². The van der Waals surface area contributed by atoms with Gasteiger partial charge in [-0.25, -0.2) is 4.39 Å². The van der Waals surface area contributed by atoms with E-state index in [9.17, 15) is 9.50 Å². The molecular formula is C13H9BrClFO2. The van der Waals surface area contributed by atoms with Gasteiger partial charge in [-0.15, -0.1) is 0 Å². The zero-order valence-electron chi connectivity index (χ0n) is 9.16. The molecule has 2 aromatic rings. The highest BCUT2D eigenvalue weighted by Gasteiger charge is 2.10. The summed E-state index contributed by atoms with van der Waals surface area (Å²) in [6, 6.07) is 9.37. The predicted molar refractivity (Wildman–Crippen MR) is 71.5 cm³/mol. The maximum Gasteiger partial charge on any atom is 0.151 e. The van der Waals surface area contributed by atoms with Crippen LogP contribution in [0, 0.1) is 5.82 Å². The van der Waals surface area contributed by atoms with Crippen molar-refractivity contribution in [1.82, 2.24) is 0 Å². The Kier molecular flexibility index (Phi) is 4.22. The van der Waals surface area contributed by atoms with Crippen molar-refractivity contribution in [3.63, 3.8) is 0 Å². The number of ether oxygens (including phenoxy) is 1. The summed E-state index contributed by atoms with van der Waals surface area (Å²) >= 11 is 9.08. The molecular weight excluding hydrogens is 322 g/mol. The van der Waals surface area contributed by atoms with Gasteiger partial charge in [-0.2, -0.15) is 0 Å². The molecule has 5 heteroatoms. The molecule has 0 aliphatic heterocycles. The molecule has 94 valence electrons. The lowest BCUT2D eigenvalue weighted by Gasteiger charge is -2.11. The van der Waals surface area contributed by atoms with Crippen molar-refractivity contribution in [2.45, 2.75) is 6.61 Å². The van der Waals surface area contributed by atoms with Gasteiger partial charge in [0.1, 0.15) is 11.6 Å². The van der Waals surface area contributed by atoms with Gasteiger partial charge in [-0.3, -0.25) is 0 Å². The van der Waals surface area contributed by atoms with Crippen LogP contribution in [-0.4, -0.2) is 5.11 Å². The normalized spacial score (nSPS) is 10.4. The smallest absolute Gasteiger partial charge is 0.151 e. The molecule has 2 rings (SSSR count). The van der Waals surface area contributed by atoms with E-state index in [1.807, 2.05) is 0 Å². The first-order valence-corrected chi connectivity index (χ1v) is 6.30. The van der Waals surface area contributed by atoms with Crippen molar-refractivity contribution in [2.75, 3.05) is 0 Å². The molecule has 0 heterocycles. The van der Waals surface area contributed by atoms with Crippen LogP contribution in [-0.2, 0) is 6.61 Å². The highest BCUT2D eigenvalue weighted by molar-refractivity contribution is 9.10. The quantitative estimate of drug-likeness (QED) is 0.895. The van der Waals surface area contributed by atoms with E-state index < -0.39 is 0 Å². The summed E-state index contributed by atoms with van der Waals surface area (Å²) in [4.78, 5) is 0. The van der Waals surface area contributed by atoms with Crippen LogP contribution in [0.5, 0.6) is 11.5 Å². The van der Waals surface area contributed by atoms with E-state index in [1.165, 1.54) is 18.2 Å². The summed E-state index contributed by atoms with van der Waals surface area (Å²) in [5, 5.41) is 9.60. The summed E-state index contributed by atoms with van der Waals surface area (Å²) in [5.41, 5.74) is 0.572. The van der Waals surface area contributed by atoms with Gasteiger partial charge >= 0.3 is 0 Å². The number of rotatable bonds is 3. The summed E-state index contributed by atoms with van der Waals surface area (Å²) in [6.07, 6.45) is 0. The second-order valence-corrected chi connectivity index (χ2v) is 4.83. The monoisotopic (exact) mass is 330 g/mol. The average Bonchev–Trinajstić information content (AvgIpc) is 2.36. The Morgan fingerprint density at radius 3 is 2.72 bits per heavy atom. The van der Waals surface area contributed by atoms with Crippen molar-refractivity contribution in [1.29, 1.82) is 0 Å². The fraction of sp³-hybridized carbons (Fsp3) is 0.0769. The van der Waals surface area contributed by atoms with Crippen molar-refractivity contribution in [2.24, 2.45) is 0 Å². The molecule has 18 heavy (non-hydrogen) atoms. The van der Waals surface area contributed by atoms with Crippen LogP contribution < -0.4 is 4.74 Å². The largest absolute Gasteiger partial charge is 0.455 e. The van der Waals surface area contributed by atoms with E-state index in [0.717, 1.165) is 0 Å². The standard InChI is InChI=1S/C13H9BrClFO2/c14-10-6-9(4-5-12(10)16)18-13-8(7-17)2-1-3-11(13)15/h1-6,17H,7H2. The van der Waals surface area contributed by atoms with E-state index in [2.05, 4.69) is 15.9 Å². The van der Waals surface area contributed by atoms with E-state index in [1.54, 1.807) is 18.2 Å². The molecule has 0 fully saturated rings. The number of benzene rings is 2. The molecule has 0 aliphatic carbocycles. The van der Waals surface area contributed by atoms with Crippen LogP contribution in [0.3, 0.4) is 0 Å². The number of aliphatic hydroxyl groups excluding tert-OH is 1. The molecule has 2 nitrogen and oxygen atoms in total. The van der Waals surface area contributed by atoms with Crippen LogP contribution >= 0.6 is 27.5 Å². The van der Waals surface area contributed by atoms with Crippen LogP contribution in [0.4, 0.5) is 4.39 Å². The SMILES string of the molecule is OCc1cccc(Cl)c1Oc1ccc(F)c(Br)c1. The molecule has 0 unspecified atom stereocenters. The van der Waals surface area contributed by atoms with Crippen LogP contribution in [0.2, 0.25) is 5.02 Å². The fourth-order valence-electron chi connectivity index (χ4n) is 1.45.